The molecule has 2 aromatic rings. The Bertz CT molecular complexity index is 729. The van der Waals surface area contributed by atoms with Crippen molar-refractivity contribution in [1.82, 2.24) is 4.90 Å². The zero-order valence-corrected chi connectivity index (χ0v) is 11.7. The molecule has 0 spiro atoms. The summed E-state index contributed by atoms with van der Waals surface area (Å²) in [5.74, 6) is -1.37. The van der Waals surface area contributed by atoms with Crippen LogP contribution in [0.2, 0.25) is 5.02 Å². The van der Waals surface area contributed by atoms with E-state index in [-0.39, 0.29) is 12.5 Å². The molecule has 1 aliphatic rings. The Morgan fingerprint density at radius 3 is 2.48 bits per heavy atom. The number of hydrogen-bond donors (Lipinski definition) is 1. The normalized spacial score (nSPS) is 14.9. The minimum absolute atomic E-state index is 0.275. The lowest BCUT2D eigenvalue weighted by Gasteiger charge is -2.25. The van der Waals surface area contributed by atoms with E-state index in [0.29, 0.717) is 16.1 Å². The van der Waals surface area contributed by atoms with Gasteiger partial charge in [0, 0.05) is 22.7 Å². The predicted molar refractivity (Wildman–Crippen MR) is 78.1 cm³/mol. The van der Waals surface area contributed by atoms with E-state index in [1.807, 2.05) is 12.1 Å². The van der Waals surface area contributed by atoms with E-state index in [1.165, 1.54) is 4.90 Å². The van der Waals surface area contributed by atoms with Gasteiger partial charge in [-0.3, -0.25) is 4.79 Å². The Morgan fingerprint density at radius 2 is 1.81 bits per heavy atom. The van der Waals surface area contributed by atoms with Crippen molar-refractivity contribution in [3.05, 3.63) is 70.2 Å². The molecule has 1 aliphatic heterocycles. The van der Waals surface area contributed by atoms with Crippen LogP contribution < -0.4 is 0 Å². The first-order valence-electron chi connectivity index (χ1n) is 6.45. The molecule has 0 fully saturated rings. The number of carbonyl (C=O) groups excluding carboxylic acids is 1. The SMILES string of the molecule is O=C(O)C(c1ccccc1Cl)N1Cc2ccccc2C1=O. The largest absolute Gasteiger partial charge is 0.479 e. The lowest BCUT2D eigenvalue weighted by molar-refractivity contribution is -0.142. The molecule has 0 aliphatic carbocycles. The number of carboxylic acids is 1. The third kappa shape index (κ3) is 2.28. The fourth-order valence-electron chi connectivity index (χ4n) is 2.62. The van der Waals surface area contributed by atoms with Gasteiger partial charge in [-0.2, -0.15) is 0 Å². The molecule has 0 radical (unpaired) electrons. The Morgan fingerprint density at radius 1 is 1.14 bits per heavy atom. The topological polar surface area (TPSA) is 57.6 Å². The van der Waals surface area contributed by atoms with E-state index in [4.69, 9.17) is 11.6 Å². The molecule has 1 amide bonds. The van der Waals surface area contributed by atoms with Gasteiger partial charge in [-0.25, -0.2) is 4.79 Å². The first kappa shape index (κ1) is 13.6. The minimum Gasteiger partial charge on any atom is -0.479 e. The highest BCUT2D eigenvalue weighted by Crippen LogP contribution is 2.34. The smallest absolute Gasteiger partial charge is 0.331 e. The number of rotatable bonds is 3. The molecule has 2 aromatic carbocycles. The third-order valence-electron chi connectivity index (χ3n) is 3.59. The molecule has 0 aromatic heterocycles. The number of halogens is 1. The molecule has 4 nitrogen and oxygen atoms in total. The monoisotopic (exact) mass is 301 g/mol. The first-order chi connectivity index (χ1) is 10.1. The average molecular weight is 302 g/mol. The molecule has 1 N–H and O–H groups in total. The van der Waals surface area contributed by atoms with E-state index >= 15 is 0 Å². The molecule has 1 unspecified atom stereocenters. The van der Waals surface area contributed by atoms with Crippen LogP contribution in [0.3, 0.4) is 0 Å². The van der Waals surface area contributed by atoms with Gasteiger partial charge in [0.05, 0.1) is 0 Å². The van der Waals surface area contributed by atoms with Crippen molar-refractivity contribution in [2.75, 3.05) is 0 Å². The molecule has 0 saturated carbocycles. The van der Waals surface area contributed by atoms with Crippen LogP contribution in [0.1, 0.15) is 27.5 Å². The number of amides is 1. The predicted octanol–water partition coefficient (Wildman–Crippen LogP) is 3.12. The van der Waals surface area contributed by atoms with Gasteiger partial charge in [-0.05, 0) is 17.7 Å². The van der Waals surface area contributed by atoms with Crippen molar-refractivity contribution >= 4 is 23.5 Å². The maximum atomic E-state index is 12.4. The molecule has 0 saturated heterocycles. The number of fused-ring (bicyclic) bond motifs is 1. The second-order valence-electron chi connectivity index (χ2n) is 4.85. The lowest BCUT2D eigenvalue weighted by atomic mass is 10.1. The third-order valence-corrected chi connectivity index (χ3v) is 3.94. The van der Waals surface area contributed by atoms with Gasteiger partial charge in [0.1, 0.15) is 0 Å². The summed E-state index contributed by atoms with van der Waals surface area (Å²) < 4.78 is 0. The number of carboxylic acid groups (broad SMARTS) is 1. The van der Waals surface area contributed by atoms with E-state index < -0.39 is 12.0 Å². The summed E-state index contributed by atoms with van der Waals surface area (Å²) in [7, 11) is 0. The lowest BCUT2D eigenvalue weighted by Crippen LogP contribution is -2.34. The number of carbonyl (C=O) groups is 2. The second-order valence-corrected chi connectivity index (χ2v) is 5.26. The Labute approximate surface area is 126 Å². The number of aliphatic carboxylic acids is 1. The first-order valence-corrected chi connectivity index (χ1v) is 6.83. The molecule has 21 heavy (non-hydrogen) atoms. The van der Waals surface area contributed by atoms with Crippen LogP contribution >= 0.6 is 11.6 Å². The van der Waals surface area contributed by atoms with Crippen LogP contribution in [0.15, 0.2) is 48.5 Å². The highest BCUT2D eigenvalue weighted by atomic mass is 35.5. The minimum atomic E-state index is -1.09. The van der Waals surface area contributed by atoms with Crippen molar-refractivity contribution < 1.29 is 14.7 Å². The quantitative estimate of drug-likeness (QED) is 0.947. The fourth-order valence-corrected chi connectivity index (χ4v) is 2.86. The summed E-state index contributed by atoms with van der Waals surface area (Å²) in [6.45, 7) is 0.275. The molecule has 5 heteroatoms. The van der Waals surface area contributed by atoms with E-state index in [9.17, 15) is 14.7 Å². The summed E-state index contributed by atoms with van der Waals surface area (Å²) in [5, 5.41) is 9.90. The number of nitrogens with zero attached hydrogens (tertiary/aromatic N) is 1. The molecular weight excluding hydrogens is 290 g/mol. The van der Waals surface area contributed by atoms with E-state index in [0.717, 1.165) is 5.56 Å². The zero-order valence-electron chi connectivity index (χ0n) is 11.0. The van der Waals surface area contributed by atoms with Crippen LogP contribution in [0.4, 0.5) is 0 Å². The summed E-state index contributed by atoms with van der Waals surface area (Å²) in [5.41, 5.74) is 1.81. The fraction of sp³-hybridized carbons (Fsp3) is 0.125. The Kier molecular flexibility index (Phi) is 3.39. The zero-order chi connectivity index (χ0) is 15.0. The summed E-state index contributed by atoms with van der Waals surface area (Å²) in [6, 6.07) is 12.8. The van der Waals surface area contributed by atoms with Gasteiger partial charge in [0.15, 0.2) is 6.04 Å². The summed E-state index contributed by atoms with van der Waals surface area (Å²) in [6.07, 6.45) is 0. The van der Waals surface area contributed by atoms with E-state index in [1.54, 1.807) is 36.4 Å². The van der Waals surface area contributed by atoms with Gasteiger partial charge in [0.25, 0.3) is 5.91 Å². The molecule has 1 atom stereocenters. The van der Waals surface area contributed by atoms with Gasteiger partial charge in [0.2, 0.25) is 0 Å². The van der Waals surface area contributed by atoms with Crippen LogP contribution in [0, 0.1) is 0 Å². The molecule has 106 valence electrons. The van der Waals surface area contributed by atoms with Crippen LogP contribution in [-0.4, -0.2) is 21.9 Å². The van der Waals surface area contributed by atoms with Gasteiger partial charge in [-0.1, -0.05) is 48.0 Å². The molecule has 3 rings (SSSR count). The van der Waals surface area contributed by atoms with E-state index in [2.05, 4.69) is 0 Å². The van der Waals surface area contributed by atoms with Gasteiger partial charge in [-0.15, -0.1) is 0 Å². The second kappa shape index (κ2) is 5.22. The standard InChI is InChI=1S/C16H12ClNO3/c17-13-8-4-3-7-12(13)14(16(20)21)18-9-10-5-1-2-6-11(10)15(18)19/h1-8,14H,9H2,(H,20,21). The van der Waals surface area contributed by atoms with Crippen LogP contribution in [0.25, 0.3) is 0 Å². The van der Waals surface area contributed by atoms with Crippen LogP contribution in [0.5, 0.6) is 0 Å². The number of hydrogen-bond acceptors (Lipinski definition) is 2. The Balaban J connectivity index is 2.04. The summed E-state index contributed by atoms with van der Waals surface area (Å²) in [4.78, 5) is 25.5. The molecule has 0 bridgehead atoms. The van der Waals surface area contributed by atoms with Crippen molar-refractivity contribution in [3.8, 4) is 0 Å². The van der Waals surface area contributed by atoms with Crippen molar-refractivity contribution in [2.24, 2.45) is 0 Å². The van der Waals surface area contributed by atoms with Crippen LogP contribution in [-0.2, 0) is 11.3 Å². The number of benzene rings is 2. The highest BCUT2D eigenvalue weighted by molar-refractivity contribution is 6.31. The maximum absolute atomic E-state index is 12.4. The van der Waals surface area contributed by atoms with Crippen molar-refractivity contribution in [2.45, 2.75) is 12.6 Å². The average Bonchev–Trinajstić information content (AvgIpc) is 2.79. The van der Waals surface area contributed by atoms with Gasteiger partial charge >= 0.3 is 5.97 Å². The maximum Gasteiger partial charge on any atom is 0.331 e. The van der Waals surface area contributed by atoms with Crippen molar-refractivity contribution in [3.63, 3.8) is 0 Å². The van der Waals surface area contributed by atoms with Gasteiger partial charge < -0.3 is 10.0 Å². The Hall–Kier alpha value is -2.33. The summed E-state index contributed by atoms with van der Waals surface area (Å²) >= 11 is 6.10. The van der Waals surface area contributed by atoms with Crippen molar-refractivity contribution in [1.29, 1.82) is 0 Å². The molecule has 1 heterocycles. The molecular formula is C16H12ClNO3. The highest BCUT2D eigenvalue weighted by Gasteiger charge is 2.37.